The van der Waals surface area contributed by atoms with E-state index in [1.165, 1.54) is 0 Å². The summed E-state index contributed by atoms with van der Waals surface area (Å²) in [6.45, 7) is -0.807. The molecule has 1 saturated heterocycles. The van der Waals surface area contributed by atoms with Crippen LogP contribution in [0.5, 0.6) is 0 Å². The number of hydrogen-bond donors (Lipinski definition) is 7. The van der Waals surface area contributed by atoms with Gasteiger partial charge in [0.15, 0.2) is 0 Å². The van der Waals surface area contributed by atoms with Gasteiger partial charge in [0.1, 0.15) is 18.1 Å². The number of carbonyl (C=O) groups is 6. The van der Waals surface area contributed by atoms with E-state index in [0.29, 0.717) is 6.42 Å². The first-order chi connectivity index (χ1) is 14.5. The van der Waals surface area contributed by atoms with Gasteiger partial charge in [-0.2, -0.15) is 0 Å². The predicted octanol–water partition coefficient (Wildman–Crippen LogP) is -3.31. The summed E-state index contributed by atoms with van der Waals surface area (Å²) in [4.78, 5) is 71.1. The van der Waals surface area contributed by atoms with E-state index in [2.05, 4.69) is 10.6 Å². The zero-order chi connectivity index (χ0) is 23.7. The molecule has 8 N–H and O–H groups in total. The molecule has 0 aromatic rings. The first-order valence-electron chi connectivity index (χ1n) is 9.42. The molecule has 0 radical (unpaired) electrons. The summed E-state index contributed by atoms with van der Waals surface area (Å²) in [6.07, 6.45) is -0.970. The maximum atomic E-state index is 12.8. The molecule has 31 heavy (non-hydrogen) atoms. The quantitative estimate of drug-likeness (QED) is 0.157. The largest absolute Gasteiger partial charge is 0.481 e. The number of carbonyl (C=O) groups excluding carboxylic acids is 3. The van der Waals surface area contributed by atoms with Gasteiger partial charge in [-0.15, -0.1) is 0 Å². The summed E-state index contributed by atoms with van der Waals surface area (Å²) in [5, 5.41) is 40.5. The average Bonchev–Trinajstić information content (AvgIpc) is 3.17. The molecule has 3 amide bonds. The van der Waals surface area contributed by atoms with E-state index >= 15 is 0 Å². The van der Waals surface area contributed by atoms with Crippen molar-refractivity contribution in [1.82, 2.24) is 15.5 Å². The molecule has 0 saturated carbocycles. The van der Waals surface area contributed by atoms with Crippen LogP contribution in [0.2, 0.25) is 0 Å². The number of aliphatic carboxylic acids is 3. The van der Waals surface area contributed by atoms with Crippen LogP contribution in [0, 0.1) is 0 Å². The van der Waals surface area contributed by atoms with Gasteiger partial charge in [0.25, 0.3) is 0 Å². The molecule has 0 aliphatic carbocycles. The van der Waals surface area contributed by atoms with Crippen LogP contribution in [0.15, 0.2) is 0 Å². The standard InChI is InChI=1S/C17H26N4O10/c18-8(6-13(25)26)14(27)20-10(7-22)15(28)19-9(3-4-12(23)24)16(29)21-5-1-2-11(21)17(30)31/h8-11,22H,1-7,18H2,(H,19,28)(H,20,27)(H,23,24)(H,25,26)(H,30,31). The molecule has 1 rings (SSSR count). The molecule has 1 aliphatic heterocycles. The second kappa shape index (κ2) is 11.8. The number of carboxylic acids is 3. The van der Waals surface area contributed by atoms with Crippen LogP contribution in [0.3, 0.4) is 0 Å². The molecule has 4 atom stereocenters. The van der Waals surface area contributed by atoms with Crippen LogP contribution >= 0.6 is 0 Å². The number of carboxylic acid groups (broad SMARTS) is 3. The minimum atomic E-state index is -1.60. The minimum Gasteiger partial charge on any atom is -0.481 e. The highest BCUT2D eigenvalue weighted by Gasteiger charge is 2.38. The lowest BCUT2D eigenvalue weighted by molar-refractivity contribution is -0.150. The molecule has 14 nitrogen and oxygen atoms in total. The maximum absolute atomic E-state index is 12.8. The van der Waals surface area contributed by atoms with Gasteiger partial charge in [0, 0.05) is 13.0 Å². The summed E-state index contributed by atoms with van der Waals surface area (Å²) in [6, 6.07) is -5.62. The van der Waals surface area contributed by atoms with Crippen molar-refractivity contribution < 1.29 is 49.2 Å². The van der Waals surface area contributed by atoms with Crippen LogP contribution in [0.1, 0.15) is 32.1 Å². The number of rotatable bonds is 12. The molecule has 1 fully saturated rings. The second-order valence-corrected chi connectivity index (χ2v) is 6.97. The zero-order valence-corrected chi connectivity index (χ0v) is 16.5. The van der Waals surface area contributed by atoms with E-state index in [9.17, 15) is 39.0 Å². The van der Waals surface area contributed by atoms with Gasteiger partial charge in [-0.1, -0.05) is 0 Å². The van der Waals surface area contributed by atoms with Crippen LogP contribution in [0.25, 0.3) is 0 Å². The summed E-state index contributed by atoms with van der Waals surface area (Å²) in [5.74, 6) is -6.73. The highest BCUT2D eigenvalue weighted by molar-refractivity contribution is 5.95. The van der Waals surface area contributed by atoms with Crippen molar-refractivity contribution in [1.29, 1.82) is 0 Å². The maximum Gasteiger partial charge on any atom is 0.326 e. The Kier molecular flexibility index (Phi) is 9.82. The van der Waals surface area contributed by atoms with Crippen molar-refractivity contribution in [2.24, 2.45) is 5.73 Å². The Morgan fingerprint density at radius 2 is 1.58 bits per heavy atom. The molecular weight excluding hydrogens is 420 g/mol. The Bertz CT molecular complexity index is 728. The fourth-order valence-electron chi connectivity index (χ4n) is 3.04. The third-order valence-electron chi connectivity index (χ3n) is 4.63. The summed E-state index contributed by atoms with van der Waals surface area (Å²) < 4.78 is 0. The van der Waals surface area contributed by atoms with Crippen molar-refractivity contribution in [3.8, 4) is 0 Å². The number of nitrogens with one attached hydrogen (secondary N) is 2. The Hall–Kier alpha value is -3.26. The molecular formula is C17H26N4O10. The van der Waals surface area contributed by atoms with Crippen LogP contribution < -0.4 is 16.4 Å². The number of aliphatic hydroxyl groups is 1. The monoisotopic (exact) mass is 446 g/mol. The number of likely N-dealkylation sites (tertiary alicyclic amines) is 1. The average molecular weight is 446 g/mol. The zero-order valence-electron chi connectivity index (χ0n) is 16.5. The Labute approximate surface area is 176 Å². The molecule has 1 heterocycles. The summed E-state index contributed by atoms with van der Waals surface area (Å²) >= 11 is 0. The fourth-order valence-corrected chi connectivity index (χ4v) is 3.04. The molecule has 14 heteroatoms. The van der Waals surface area contributed by atoms with E-state index in [0.717, 1.165) is 4.90 Å². The second-order valence-electron chi connectivity index (χ2n) is 6.97. The Morgan fingerprint density at radius 3 is 2.10 bits per heavy atom. The van der Waals surface area contributed by atoms with Gasteiger partial charge >= 0.3 is 17.9 Å². The lowest BCUT2D eigenvalue weighted by Gasteiger charge is -2.28. The van der Waals surface area contributed by atoms with Gasteiger partial charge in [-0.25, -0.2) is 4.79 Å². The topological polar surface area (TPSA) is 237 Å². The SMILES string of the molecule is NC(CC(=O)O)C(=O)NC(CO)C(=O)NC(CCC(=O)O)C(=O)N1CCCC1C(=O)O. The lowest BCUT2D eigenvalue weighted by atomic mass is 10.1. The highest BCUT2D eigenvalue weighted by atomic mass is 16.4. The van der Waals surface area contributed by atoms with Crippen molar-refractivity contribution in [3.63, 3.8) is 0 Å². The molecule has 0 spiro atoms. The number of nitrogens with zero attached hydrogens (tertiary/aromatic N) is 1. The number of nitrogens with two attached hydrogens (primary N) is 1. The van der Waals surface area contributed by atoms with E-state index in [4.69, 9.17) is 15.9 Å². The highest BCUT2D eigenvalue weighted by Crippen LogP contribution is 2.19. The van der Waals surface area contributed by atoms with E-state index in [1.807, 2.05) is 0 Å². The Morgan fingerprint density at radius 1 is 0.968 bits per heavy atom. The first-order valence-corrected chi connectivity index (χ1v) is 9.42. The smallest absolute Gasteiger partial charge is 0.326 e. The van der Waals surface area contributed by atoms with E-state index in [1.54, 1.807) is 0 Å². The van der Waals surface area contributed by atoms with Crippen LogP contribution in [0.4, 0.5) is 0 Å². The normalized spacial score (nSPS) is 18.5. The van der Waals surface area contributed by atoms with Crippen molar-refractivity contribution >= 4 is 35.6 Å². The van der Waals surface area contributed by atoms with Gasteiger partial charge in [0.05, 0.1) is 19.1 Å². The van der Waals surface area contributed by atoms with Gasteiger partial charge in [0.2, 0.25) is 17.7 Å². The molecule has 4 unspecified atom stereocenters. The minimum absolute atomic E-state index is 0.111. The van der Waals surface area contributed by atoms with Crippen molar-refractivity contribution in [3.05, 3.63) is 0 Å². The Balaban J connectivity index is 2.91. The van der Waals surface area contributed by atoms with E-state index in [-0.39, 0.29) is 19.4 Å². The van der Waals surface area contributed by atoms with Crippen LogP contribution in [-0.2, 0) is 28.8 Å². The van der Waals surface area contributed by atoms with Gasteiger partial charge in [-0.3, -0.25) is 24.0 Å². The summed E-state index contributed by atoms with van der Waals surface area (Å²) in [5.41, 5.74) is 5.39. The van der Waals surface area contributed by atoms with Gasteiger partial charge in [-0.05, 0) is 19.3 Å². The fraction of sp³-hybridized carbons (Fsp3) is 0.647. The van der Waals surface area contributed by atoms with Crippen molar-refractivity contribution in [2.45, 2.75) is 56.3 Å². The van der Waals surface area contributed by atoms with Crippen LogP contribution in [-0.4, -0.2) is 98.3 Å². The number of aliphatic hydroxyl groups excluding tert-OH is 1. The molecule has 174 valence electrons. The molecule has 0 aromatic heterocycles. The molecule has 0 bridgehead atoms. The lowest BCUT2D eigenvalue weighted by Crippen LogP contribution is -2.58. The van der Waals surface area contributed by atoms with E-state index < -0.39 is 79.2 Å². The first kappa shape index (κ1) is 25.8. The van der Waals surface area contributed by atoms with Gasteiger partial charge < -0.3 is 41.7 Å². The number of amides is 3. The molecule has 1 aliphatic rings. The molecule has 0 aromatic carbocycles. The summed E-state index contributed by atoms with van der Waals surface area (Å²) in [7, 11) is 0. The number of hydrogen-bond acceptors (Lipinski definition) is 8. The van der Waals surface area contributed by atoms with Crippen molar-refractivity contribution in [2.75, 3.05) is 13.2 Å². The predicted molar refractivity (Wildman–Crippen MR) is 100 cm³/mol. The third-order valence-corrected chi connectivity index (χ3v) is 4.63. The third kappa shape index (κ3) is 7.82.